The average Bonchev–Trinajstić information content (AvgIpc) is 2.86. The summed E-state index contributed by atoms with van der Waals surface area (Å²) in [6, 6.07) is 0. The molecule has 0 aliphatic heterocycles. The normalized spacial score (nSPS) is 10.9. The number of aryl methyl sites for hydroxylation is 2. The predicted molar refractivity (Wildman–Crippen MR) is 66.9 cm³/mol. The second-order valence-corrected chi connectivity index (χ2v) is 4.40. The van der Waals surface area contributed by atoms with Gasteiger partial charge in [-0.25, -0.2) is 9.48 Å². The lowest BCUT2D eigenvalue weighted by Crippen LogP contribution is -2.15. The second kappa shape index (κ2) is 4.98. The van der Waals surface area contributed by atoms with Crippen LogP contribution in [0.3, 0.4) is 0 Å². The first-order valence-corrected chi connectivity index (χ1v) is 5.87. The van der Waals surface area contributed by atoms with Crippen molar-refractivity contribution < 1.29 is 9.90 Å². The van der Waals surface area contributed by atoms with E-state index in [0.29, 0.717) is 16.4 Å². The molecule has 102 valence electrons. The van der Waals surface area contributed by atoms with Gasteiger partial charge in [-0.3, -0.25) is 4.68 Å². The molecule has 8 nitrogen and oxygen atoms in total. The van der Waals surface area contributed by atoms with Crippen LogP contribution in [0.25, 0.3) is 0 Å². The van der Waals surface area contributed by atoms with Crippen molar-refractivity contribution in [1.29, 1.82) is 0 Å². The first-order chi connectivity index (χ1) is 8.95. The first-order valence-electron chi connectivity index (χ1n) is 5.49. The molecule has 19 heavy (non-hydrogen) atoms. The molecule has 2 aromatic rings. The van der Waals surface area contributed by atoms with Crippen molar-refractivity contribution in [1.82, 2.24) is 24.8 Å². The molecule has 0 bridgehead atoms. The maximum atomic E-state index is 11.0. The van der Waals surface area contributed by atoms with Crippen LogP contribution in [-0.4, -0.2) is 35.9 Å². The Kier molecular flexibility index (Phi) is 3.54. The lowest BCUT2D eigenvalue weighted by molar-refractivity contribution is 0.0689. The van der Waals surface area contributed by atoms with Gasteiger partial charge in [0.05, 0.1) is 28.6 Å². The van der Waals surface area contributed by atoms with Crippen LogP contribution in [0.2, 0.25) is 5.02 Å². The topological polar surface area (TPSA) is 112 Å². The zero-order valence-corrected chi connectivity index (χ0v) is 11.2. The fourth-order valence-corrected chi connectivity index (χ4v) is 2.04. The summed E-state index contributed by atoms with van der Waals surface area (Å²) in [5.41, 5.74) is 7.18. The smallest absolute Gasteiger partial charge is 0.358 e. The number of rotatable bonds is 4. The molecule has 0 aliphatic rings. The summed E-state index contributed by atoms with van der Waals surface area (Å²) in [5, 5.41) is 21.1. The van der Waals surface area contributed by atoms with Gasteiger partial charge in [0.1, 0.15) is 0 Å². The standard InChI is InChI=1S/C10H13ClN6O2/c1-5-8(11)7(16(2)14-5)4-17-6(3-12)9(10(18)19)13-15-17/h3-4,12H2,1-2H3,(H,18,19). The van der Waals surface area contributed by atoms with E-state index in [2.05, 4.69) is 15.4 Å². The van der Waals surface area contributed by atoms with Gasteiger partial charge < -0.3 is 10.8 Å². The minimum Gasteiger partial charge on any atom is -0.476 e. The summed E-state index contributed by atoms with van der Waals surface area (Å²) in [6.45, 7) is 2.09. The van der Waals surface area contributed by atoms with Crippen molar-refractivity contribution in [2.45, 2.75) is 20.0 Å². The highest BCUT2D eigenvalue weighted by molar-refractivity contribution is 6.31. The predicted octanol–water partition coefficient (Wildman–Crippen LogP) is 0.179. The highest BCUT2D eigenvalue weighted by atomic mass is 35.5. The van der Waals surface area contributed by atoms with Crippen LogP contribution in [0.5, 0.6) is 0 Å². The molecule has 0 atom stereocenters. The summed E-state index contributed by atoms with van der Waals surface area (Å²) < 4.78 is 3.05. The van der Waals surface area contributed by atoms with E-state index in [-0.39, 0.29) is 18.8 Å². The zero-order valence-electron chi connectivity index (χ0n) is 10.5. The fourth-order valence-electron chi connectivity index (χ4n) is 1.82. The Labute approximate surface area is 113 Å². The molecule has 0 saturated carbocycles. The van der Waals surface area contributed by atoms with Crippen LogP contribution in [0.4, 0.5) is 0 Å². The molecule has 9 heteroatoms. The van der Waals surface area contributed by atoms with Crippen molar-refractivity contribution in [2.75, 3.05) is 0 Å². The monoisotopic (exact) mass is 284 g/mol. The first kappa shape index (κ1) is 13.5. The molecule has 0 amide bonds. The van der Waals surface area contributed by atoms with Gasteiger partial charge in [0.15, 0.2) is 5.69 Å². The summed E-state index contributed by atoms with van der Waals surface area (Å²) in [7, 11) is 1.76. The number of hydrogen-bond donors (Lipinski definition) is 2. The van der Waals surface area contributed by atoms with E-state index in [4.69, 9.17) is 22.4 Å². The van der Waals surface area contributed by atoms with Crippen LogP contribution >= 0.6 is 11.6 Å². The van der Waals surface area contributed by atoms with E-state index < -0.39 is 5.97 Å². The SMILES string of the molecule is Cc1nn(C)c(Cn2nnc(C(=O)O)c2CN)c1Cl. The minimum atomic E-state index is -1.15. The van der Waals surface area contributed by atoms with E-state index in [1.807, 2.05) is 0 Å². The van der Waals surface area contributed by atoms with Gasteiger partial charge >= 0.3 is 5.97 Å². The molecule has 0 spiro atoms. The number of carboxylic acid groups (broad SMARTS) is 1. The van der Waals surface area contributed by atoms with Gasteiger partial charge in [-0.05, 0) is 6.92 Å². The van der Waals surface area contributed by atoms with Crippen LogP contribution < -0.4 is 5.73 Å². The number of aromatic carboxylic acids is 1. The Morgan fingerprint density at radius 3 is 2.63 bits per heavy atom. The van der Waals surface area contributed by atoms with Crippen molar-refractivity contribution in [3.8, 4) is 0 Å². The molecule has 0 fully saturated rings. The van der Waals surface area contributed by atoms with E-state index in [1.165, 1.54) is 4.68 Å². The van der Waals surface area contributed by atoms with E-state index in [1.54, 1.807) is 18.7 Å². The third kappa shape index (κ3) is 2.32. The summed E-state index contributed by atoms with van der Waals surface area (Å²) >= 11 is 6.14. The minimum absolute atomic E-state index is 0.0308. The van der Waals surface area contributed by atoms with Crippen molar-refractivity contribution >= 4 is 17.6 Å². The number of nitrogens with zero attached hydrogens (tertiary/aromatic N) is 5. The number of carbonyl (C=O) groups is 1. The summed E-state index contributed by atoms with van der Waals surface area (Å²) in [4.78, 5) is 11.0. The van der Waals surface area contributed by atoms with Crippen molar-refractivity contribution in [3.63, 3.8) is 0 Å². The van der Waals surface area contributed by atoms with E-state index in [9.17, 15) is 4.79 Å². The van der Waals surface area contributed by atoms with Gasteiger partial charge in [0.2, 0.25) is 0 Å². The van der Waals surface area contributed by atoms with Gasteiger partial charge in [0.25, 0.3) is 0 Å². The number of aromatic nitrogens is 5. The Morgan fingerprint density at radius 1 is 1.47 bits per heavy atom. The lowest BCUT2D eigenvalue weighted by atomic mass is 10.3. The van der Waals surface area contributed by atoms with Gasteiger partial charge in [-0.2, -0.15) is 5.10 Å². The lowest BCUT2D eigenvalue weighted by Gasteiger charge is -2.06. The van der Waals surface area contributed by atoms with Crippen LogP contribution in [0.1, 0.15) is 27.6 Å². The molecule has 2 heterocycles. The van der Waals surface area contributed by atoms with Crippen molar-refractivity contribution in [3.05, 3.63) is 27.8 Å². The highest BCUT2D eigenvalue weighted by Gasteiger charge is 2.20. The number of hydrogen-bond acceptors (Lipinski definition) is 5. The molecule has 0 unspecified atom stereocenters. The molecule has 0 aliphatic carbocycles. The van der Waals surface area contributed by atoms with E-state index in [0.717, 1.165) is 5.69 Å². The van der Waals surface area contributed by atoms with Gasteiger partial charge in [-0.15, -0.1) is 5.10 Å². The Morgan fingerprint density at radius 2 is 2.16 bits per heavy atom. The number of nitrogens with two attached hydrogens (primary N) is 1. The molecule has 3 N–H and O–H groups in total. The fraction of sp³-hybridized carbons (Fsp3) is 0.400. The molecule has 0 saturated heterocycles. The van der Waals surface area contributed by atoms with Crippen LogP contribution in [0, 0.1) is 6.92 Å². The Bertz CT molecular complexity index is 632. The third-order valence-electron chi connectivity index (χ3n) is 2.79. The zero-order chi connectivity index (χ0) is 14.2. The molecule has 2 rings (SSSR count). The van der Waals surface area contributed by atoms with Gasteiger partial charge in [-0.1, -0.05) is 16.8 Å². The van der Waals surface area contributed by atoms with E-state index >= 15 is 0 Å². The number of halogens is 1. The maximum Gasteiger partial charge on any atom is 0.358 e. The summed E-state index contributed by atoms with van der Waals surface area (Å²) in [6.07, 6.45) is 0. The van der Waals surface area contributed by atoms with Gasteiger partial charge in [0, 0.05) is 13.6 Å². The molecule has 0 aromatic carbocycles. The Hall–Kier alpha value is -1.93. The quantitative estimate of drug-likeness (QED) is 0.828. The van der Waals surface area contributed by atoms with Crippen LogP contribution in [-0.2, 0) is 20.1 Å². The highest BCUT2D eigenvalue weighted by Crippen LogP contribution is 2.20. The molecule has 2 aromatic heterocycles. The number of carboxylic acids is 1. The van der Waals surface area contributed by atoms with Crippen molar-refractivity contribution in [2.24, 2.45) is 12.8 Å². The third-order valence-corrected chi connectivity index (χ3v) is 3.29. The Balaban J connectivity index is 2.41. The maximum absolute atomic E-state index is 11.0. The largest absolute Gasteiger partial charge is 0.476 e. The van der Waals surface area contributed by atoms with Crippen LogP contribution in [0.15, 0.2) is 0 Å². The average molecular weight is 285 g/mol. The molecule has 0 radical (unpaired) electrons. The molecular weight excluding hydrogens is 272 g/mol. The molecular formula is C10H13ClN6O2. The summed E-state index contributed by atoms with van der Waals surface area (Å²) in [5.74, 6) is -1.15. The second-order valence-electron chi connectivity index (χ2n) is 4.02.